The van der Waals surface area contributed by atoms with E-state index in [4.69, 9.17) is 23.7 Å². The van der Waals surface area contributed by atoms with Gasteiger partial charge in [0.15, 0.2) is 11.9 Å². The molecule has 0 amide bonds. The van der Waals surface area contributed by atoms with E-state index >= 15 is 0 Å². The van der Waals surface area contributed by atoms with Crippen molar-refractivity contribution in [1.29, 1.82) is 0 Å². The average Bonchev–Trinajstić information content (AvgIpc) is 2.83. The number of carbonyl (C=O) groups excluding carboxylic acids is 5. The molecule has 2 N–H and O–H groups in total. The number of hydrogen-bond donors (Lipinski definition) is 2. The van der Waals surface area contributed by atoms with Gasteiger partial charge >= 0.3 is 29.8 Å². The molecule has 12 nitrogen and oxygen atoms in total. The third kappa shape index (κ3) is 8.28. The Labute approximate surface area is 245 Å². The molecule has 234 valence electrons. The number of carbonyl (C=O) groups is 5. The molecule has 42 heavy (non-hydrogen) atoms. The van der Waals surface area contributed by atoms with Gasteiger partial charge in [0.1, 0.15) is 18.3 Å². The van der Waals surface area contributed by atoms with Crippen LogP contribution in [0.15, 0.2) is 34.1 Å². The van der Waals surface area contributed by atoms with Crippen LogP contribution in [0.25, 0.3) is 0 Å². The maximum absolute atomic E-state index is 12.5. The van der Waals surface area contributed by atoms with Gasteiger partial charge in [0, 0.05) is 52.5 Å². The lowest BCUT2D eigenvalue weighted by Gasteiger charge is -2.48. The molecule has 0 aromatic carbocycles. The van der Waals surface area contributed by atoms with Gasteiger partial charge in [-0.05, 0) is 48.5 Å². The second-order valence-corrected chi connectivity index (χ2v) is 11.2. The molecule has 0 radical (unpaired) electrons. The predicted molar refractivity (Wildman–Crippen MR) is 147 cm³/mol. The summed E-state index contributed by atoms with van der Waals surface area (Å²) in [5, 5.41) is 21.4. The van der Waals surface area contributed by atoms with Crippen LogP contribution in [0.2, 0.25) is 0 Å². The van der Waals surface area contributed by atoms with Crippen LogP contribution >= 0.6 is 0 Å². The molecule has 0 aliphatic heterocycles. The Hall–Kier alpha value is -3.51. The molecule has 0 unspecified atom stereocenters. The van der Waals surface area contributed by atoms with Gasteiger partial charge in [0.2, 0.25) is 0 Å². The summed E-state index contributed by atoms with van der Waals surface area (Å²) >= 11 is 0. The molecule has 0 fully saturated rings. The molecule has 2 aliphatic carbocycles. The van der Waals surface area contributed by atoms with Crippen molar-refractivity contribution in [2.75, 3.05) is 6.61 Å². The van der Waals surface area contributed by atoms with Gasteiger partial charge in [-0.1, -0.05) is 13.8 Å². The third-order valence-corrected chi connectivity index (χ3v) is 7.65. The van der Waals surface area contributed by atoms with Crippen LogP contribution in [0.5, 0.6) is 0 Å². The summed E-state index contributed by atoms with van der Waals surface area (Å²) in [6.45, 7) is 12.2. The maximum atomic E-state index is 12.5. The normalized spacial score (nSPS) is 30.9. The van der Waals surface area contributed by atoms with E-state index in [0.29, 0.717) is 11.1 Å². The first kappa shape index (κ1) is 34.7. The minimum Gasteiger partial charge on any atom is -0.458 e. The summed E-state index contributed by atoms with van der Waals surface area (Å²) in [6, 6.07) is 0. The standard InChI is InChI=1S/C30H42O12/c1-14-24(38-16(3)32)11-22-26(40-18(5)34)10-21(13-31)23(37)12-25(39-17(4)33)15(2)28(41-19(6)35)29(42-20(7)36)27(14)30(22,8)9/h10,22-26,29,31,37H,11-13H2,1-9H3/b21-10+,28-15+/t22-,23+,24-,25-,26-,29+/m0/s1. The van der Waals surface area contributed by atoms with E-state index in [-0.39, 0.29) is 29.7 Å². The second-order valence-electron chi connectivity index (χ2n) is 11.2. The van der Waals surface area contributed by atoms with Gasteiger partial charge in [-0.15, -0.1) is 0 Å². The molecular weight excluding hydrogens is 552 g/mol. The van der Waals surface area contributed by atoms with E-state index < -0.39 is 78.3 Å². The third-order valence-electron chi connectivity index (χ3n) is 7.65. The number of ether oxygens (including phenoxy) is 5. The van der Waals surface area contributed by atoms with Crippen molar-refractivity contribution in [2.45, 2.75) is 106 Å². The molecule has 2 bridgehead atoms. The summed E-state index contributed by atoms with van der Waals surface area (Å²) in [7, 11) is 0. The fraction of sp³-hybridized carbons (Fsp3) is 0.633. The fourth-order valence-electron chi connectivity index (χ4n) is 5.85. The van der Waals surface area contributed by atoms with E-state index in [1.807, 2.05) is 13.8 Å². The first-order valence-electron chi connectivity index (χ1n) is 13.7. The average molecular weight is 595 g/mol. The Morgan fingerprint density at radius 3 is 1.74 bits per heavy atom. The van der Waals surface area contributed by atoms with Crippen molar-refractivity contribution in [1.82, 2.24) is 0 Å². The van der Waals surface area contributed by atoms with Crippen LogP contribution in [-0.2, 0) is 47.7 Å². The molecule has 6 atom stereocenters. The zero-order chi connectivity index (χ0) is 32.1. The van der Waals surface area contributed by atoms with Gasteiger partial charge in [-0.2, -0.15) is 0 Å². The van der Waals surface area contributed by atoms with Crippen LogP contribution in [0.4, 0.5) is 0 Å². The Morgan fingerprint density at radius 2 is 1.29 bits per heavy atom. The first-order chi connectivity index (χ1) is 19.4. The van der Waals surface area contributed by atoms with Crippen LogP contribution in [0.3, 0.4) is 0 Å². The smallest absolute Gasteiger partial charge is 0.307 e. The maximum Gasteiger partial charge on any atom is 0.307 e. The van der Waals surface area contributed by atoms with E-state index in [2.05, 4.69) is 0 Å². The molecular formula is C30H42O12. The Bertz CT molecular complexity index is 1190. The number of rotatable bonds is 6. The van der Waals surface area contributed by atoms with Crippen LogP contribution in [-0.4, -0.2) is 77.2 Å². The van der Waals surface area contributed by atoms with Gasteiger partial charge in [-0.25, -0.2) is 0 Å². The molecule has 0 aromatic heterocycles. The highest BCUT2D eigenvalue weighted by Gasteiger charge is 2.51. The predicted octanol–water partition coefficient (Wildman–Crippen LogP) is 2.60. The number of hydrogen-bond acceptors (Lipinski definition) is 12. The summed E-state index contributed by atoms with van der Waals surface area (Å²) < 4.78 is 28.4. The molecule has 0 saturated heterocycles. The van der Waals surface area contributed by atoms with Crippen LogP contribution in [0.1, 0.15) is 75.2 Å². The van der Waals surface area contributed by atoms with Gasteiger partial charge in [0.25, 0.3) is 0 Å². The lowest BCUT2D eigenvalue weighted by atomic mass is 9.60. The number of aliphatic hydroxyl groups is 2. The highest BCUT2D eigenvalue weighted by molar-refractivity contribution is 5.70. The SMILES string of the molecule is CC(=O)O/C1=C(\C)[C@@H](OC(C)=O)C[C@@H](O)/C(CO)=C/[C@H](OC(C)=O)[C@@H]2C[C@H](OC(C)=O)C(C)=C([C@H]1OC(C)=O)C2(C)C. The zero-order valence-corrected chi connectivity index (χ0v) is 25.6. The van der Waals surface area contributed by atoms with Crippen molar-refractivity contribution in [3.8, 4) is 0 Å². The quantitative estimate of drug-likeness (QED) is 0.262. The number of esters is 5. The van der Waals surface area contributed by atoms with Crippen LogP contribution in [0, 0.1) is 11.3 Å². The van der Waals surface area contributed by atoms with E-state index in [1.165, 1.54) is 33.8 Å². The Balaban J connectivity index is 3.13. The summed E-state index contributed by atoms with van der Waals surface area (Å²) in [6.07, 6.45) is -4.54. The summed E-state index contributed by atoms with van der Waals surface area (Å²) in [5.41, 5.74) is 0.177. The van der Waals surface area contributed by atoms with Crippen molar-refractivity contribution < 1.29 is 57.9 Å². The van der Waals surface area contributed by atoms with Crippen molar-refractivity contribution in [3.63, 3.8) is 0 Å². The summed E-state index contributed by atoms with van der Waals surface area (Å²) in [5.74, 6) is -4.23. The molecule has 12 heteroatoms. The van der Waals surface area contributed by atoms with Crippen molar-refractivity contribution in [2.24, 2.45) is 11.3 Å². The fourth-order valence-corrected chi connectivity index (χ4v) is 5.85. The Morgan fingerprint density at radius 1 is 0.786 bits per heavy atom. The van der Waals surface area contributed by atoms with Crippen molar-refractivity contribution >= 4 is 29.8 Å². The Kier molecular flexibility index (Phi) is 11.7. The minimum absolute atomic E-state index is 0.0880. The van der Waals surface area contributed by atoms with E-state index in [1.54, 1.807) is 6.92 Å². The largest absolute Gasteiger partial charge is 0.458 e. The molecule has 2 aliphatic rings. The highest BCUT2D eigenvalue weighted by atomic mass is 16.6. The summed E-state index contributed by atoms with van der Waals surface area (Å²) in [4.78, 5) is 61.5. The van der Waals surface area contributed by atoms with E-state index in [0.717, 1.165) is 13.8 Å². The number of aliphatic hydroxyl groups excluding tert-OH is 2. The monoisotopic (exact) mass is 594 g/mol. The lowest BCUT2D eigenvalue weighted by molar-refractivity contribution is -0.156. The topological polar surface area (TPSA) is 172 Å². The van der Waals surface area contributed by atoms with E-state index in [9.17, 15) is 34.2 Å². The molecule has 0 spiro atoms. The first-order valence-corrected chi connectivity index (χ1v) is 13.7. The second kappa shape index (κ2) is 14.1. The van der Waals surface area contributed by atoms with Crippen molar-refractivity contribution in [3.05, 3.63) is 34.1 Å². The molecule has 0 aromatic rings. The van der Waals surface area contributed by atoms with Gasteiger partial charge in [-0.3, -0.25) is 24.0 Å². The van der Waals surface area contributed by atoms with Gasteiger partial charge in [0.05, 0.1) is 12.7 Å². The molecule has 0 saturated carbocycles. The number of fused-ring (bicyclic) bond motifs is 2. The molecule has 0 heterocycles. The molecule has 2 rings (SSSR count). The zero-order valence-electron chi connectivity index (χ0n) is 25.6. The minimum atomic E-state index is -1.40. The van der Waals surface area contributed by atoms with Crippen LogP contribution < -0.4 is 0 Å². The highest BCUT2D eigenvalue weighted by Crippen LogP contribution is 2.51. The lowest BCUT2D eigenvalue weighted by Crippen LogP contribution is -2.49. The van der Waals surface area contributed by atoms with Gasteiger partial charge < -0.3 is 33.9 Å².